The van der Waals surface area contributed by atoms with Crippen LogP contribution in [0.2, 0.25) is 0 Å². The molecule has 0 aliphatic carbocycles. The monoisotopic (exact) mass is 195 g/mol. The Morgan fingerprint density at radius 2 is 1.79 bits per heavy atom. The number of hydrogen-bond acceptors (Lipinski definition) is 2. The molecule has 0 fully saturated rings. The molecule has 1 aromatic rings. The van der Waals surface area contributed by atoms with Crippen molar-refractivity contribution in [2.45, 2.75) is 53.0 Å². The van der Waals surface area contributed by atoms with Crippen molar-refractivity contribution in [1.82, 2.24) is 15.0 Å². The molecule has 3 heteroatoms. The van der Waals surface area contributed by atoms with Gasteiger partial charge in [0.05, 0.1) is 11.2 Å². The first-order valence-corrected chi connectivity index (χ1v) is 5.25. The van der Waals surface area contributed by atoms with Crippen LogP contribution in [0.5, 0.6) is 0 Å². The fourth-order valence-corrected chi connectivity index (χ4v) is 1.15. The molecule has 14 heavy (non-hydrogen) atoms. The molecule has 0 aromatic carbocycles. The van der Waals surface area contributed by atoms with Gasteiger partial charge in [0.1, 0.15) is 0 Å². The molecule has 0 aliphatic rings. The Balaban J connectivity index is 2.89. The highest BCUT2D eigenvalue weighted by molar-refractivity contribution is 5.02. The normalized spacial score (nSPS) is 14.8. The predicted molar refractivity (Wildman–Crippen MR) is 58.3 cm³/mol. The van der Waals surface area contributed by atoms with Crippen LogP contribution in [0.25, 0.3) is 0 Å². The summed E-state index contributed by atoms with van der Waals surface area (Å²) in [6, 6.07) is 0. The first kappa shape index (κ1) is 11.2. The summed E-state index contributed by atoms with van der Waals surface area (Å²) in [5.41, 5.74) is 1.12. The van der Waals surface area contributed by atoms with Gasteiger partial charge in [0.15, 0.2) is 0 Å². The summed E-state index contributed by atoms with van der Waals surface area (Å²) in [6.45, 7) is 13.0. The van der Waals surface area contributed by atoms with Crippen molar-refractivity contribution in [3.8, 4) is 0 Å². The zero-order valence-electron chi connectivity index (χ0n) is 10.1. The van der Waals surface area contributed by atoms with E-state index in [1.54, 1.807) is 0 Å². The van der Waals surface area contributed by atoms with Gasteiger partial charge in [-0.15, -0.1) is 5.10 Å². The predicted octanol–water partition coefficient (Wildman–Crippen LogP) is 2.79. The second-order valence-corrected chi connectivity index (χ2v) is 5.29. The minimum Gasteiger partial charge on any atom is -0.247 e. The van der Waals surface area contributed by atoms with Gasteiger partial charge < -0.3 is 0 Å². The molecule has 1 atom stereocenters. The summed E-state index contributed by atoms with van der Waals surface area (Å²) >= 11 is 0. The van der Waals surface area contributed by atoms with Crippen molar-refractivity contribution in [3.05, 3.63) is 11.9 Å². The van der Waals surface area contributed by atoms with Crippen LogP contribution in [0.1, 0.15) is 53.2 Å². The van der Waals surface area contributed by atoms with Gasteiger partial charge in [0, 0.05) is 12.1 Å². The molecule has 1 heterocycles. The number of aromatic nitrogens is 3. The lowest BCUT2D eigenvalue weighted by molar-refractivity contribution is 0.346. The highest BCUT2D eigenvalue weighted by Crippen LogP contribution is 2.22. The van der Waals surface area contributed by atoms with Crippen molar-refractivity contribution in [2.24, 2.45) is 5.92 Å². The van der Waals surface area contributed by atoms with Crippen LogP contribution < -0.4 is 0 Å². The molecule has 3 nitrogen and oxygen atoms in total. The zero-order chi connectivity index (χ0) is 10.9. The first-order valence-electron chi connectivity index (χ1n) is 5.25. The maximum Gasteiger partial charge on any atom is 0.0858 e. The number of nitrogens with zero attached hydrogens (tertiary/aromatic N) is 3. The van der Waals surface area contributed by atoms with E-state index >= 15 is 0 Å². The quantitative estimate of drug-likeness (QED) is 0.726. The fourth-order valence-electron chi connectivity index (χ4n) is 1.15. The molecule has 0 saturated carbocycles. The molecular weight excluding hydrogens is 174 g/mol. The minimum absolute atomic E-state index is 0.0297. The van der Waals surface area contributed by atoms with E-state index in [9.17, 15) is 0 Å². The van der Waals surface area contributed by atoms with Crippen molar-refractivity contribution in [3.63, 3.8) is 0 Å². The average molecular weight is 195 g/mol. The molecule has 0 N–H and O–H groups in total. The van der Waals surface area contributed by atoms with Gasteiger partial charge in [-0.1, -0.05) is 26.0 Å². The molecule has 1 aromatic heterocycles. The van der Waals surface area contributed by atoms with Gasteiger partial charge in [-0.25, -0.2) is 4.68 Å². The first-order chi connectivity index (χ1) is 6.32. The van der Waals surface area contributed by atoms with Gasteiger partial charge in [-0.3, -0.25) is 0 Å². The van der Waals surface area contributed by atoms with E-state index in [4.69, 9.17) is 0 Å². The maximum absolute atomic E-state index is 4.22. The van der Waals surface area contributed by atoms with Crippen molar-refractivity contribution >= 4 is 0 Å². The Labute approximate surface area is 86.5 Å². The van der Waals surface area contributed by atoms with E-state index in [2.05, 4.69) is 58.1 Å². The fraction of sp³-hybridized carbons (Fsp3) is 0.818. The number of hydrogen-bond donors (Lipinski definition) is 0. The molecule has 1 unspecified atom stereocenters. The van der Waals surface area contributed by atoms with Crippen LogP contribution in [0.15, 0.2) is 6.20 Å². The zero-order valence-corrected chi connectivity index (χ0v) is 10.1. The standard InChI is InChI=1S/C11H21N3/c1-8(2)9(3)10-7-14(13-12-10)11(4,5)6/h7-9H,1-6H3. The molecule has 1 rings (SSSR count). The van der Waals surface area contributed by atoms with Crippen molar-refractivity contribution in [1.29, 1.82) is 0 Å². The van der Waals surface area contributed by atoms with Gasteiger partial charge in [-0.2, -0.15) is 0 Å². The minimum atomic E-state index is 0.0297. The summed E-state index contributed by atoms with van der Waals surface area (Å²) in [6.07, 6.45) is 2.06. The lowest BCUT2D eigenvalue weighted by atomic mass is 9.95. The lowest BCUT2D eigenvalue weighted by Crippen LogP contribution is -2.22. The topological polar surface area (TPSA) is 30.7 Å². The molecule has 0 spiro atoms. The smallest absolute Gasteiger partial charge is 0.0858 e. The van der Waals surface area contributed by atoms with Crippen LogP contribution in [0.4, 0.5) is 0 Å². The molecule has 0 radical (unpaired) electrons. The summed E-state index contributed by atoms with van der Waals surface area (Å²) in [5.74, 6) is 1.09. The van der Waals surface area contributed by atoms with E-state index in [0.717, 1.165) is 5.69 Å². The van der Waals surface area contributed by atoms with E-state index in [1.807, 2.05) is 4.68 Å². The molecule has 80 valence electrons. The molecule has 0 saturated heterocycles. The van der Waals surface area contributed by atoms with E-state index < -0.39 is 0 Å². The summed E-state index contributed by atoms with van der Waals surface area (Å²) in [5, 5.41) is 8.37. The largest absolute Gasteiger partial charge is 0.247 e. The van der Waals surface area contributed by atoms with Crippen LogP contribution in [0, 0.1) is 5.92 Å². The summed E-state index contributed by atoms with van der Waals surface area (Å²) < 4.78 is 1.93. The van der Waals surface area contributed by atoms with E-state index in [1.165, 1.54) is 0 Å². The van der Waals surface area contributed by atoms with Crippen LogP contribution in [-0.4, -0.2) is 15.0 Å². The Hall–Kier alpha value is -0.860. The van der Waals surface area contributed by atoms with E-state index in [0.29, 0.717) is 11.8 Å². The van der Waals surface area contributed by atoms with Crippen LogP contribution >= 0.6 is 0 Å². The second-order valence-electron chi connectivity index (χ2n) is 5.29. The molecule has 0 bridgehead atoms. The van der Waals surface area contributed by atoms with Gasteiger partial charge in [0.2, 0.25) is 0 Å². The SMILES string of the molecule is CC(C)C(C)c1cn(C(C)(C)C)nn1. The average Bonchev–Trinajstić information content (AvgIpc) is 2.49. The Morgan fingerprint density at radius 1 is 1.21 bits per heavy atom. The highest BCUT2D eigenvalue weighted by Gasteiger charge is 2.18. The van der Waals surface area contributed by atoms with E-state index in [-0.39, 0.29) is 5.54 Å². The molecule has 0 aliphatic heterocycles. The summed E-state index contributed by atoms with van der Waals surface area (Å²) in [4.78, 5) is 0. The van der Waals surface area contributed by atoms with Crippen molar-refractivity contribution < 1.29 is 0 Å². The van der Waals surface area contributed by atoms with Gasteiger partial charge in [-0.05, 0) is 26.7 Å². The lowest BCUT2D eigenvalue weighted by Gasteiger charge is -2.18. The van der Waals surface area contributed by atoms with Crippen LogP contribution in [-0.2, 0) is 5.54 Å². The van der Waals surface area contributed by atoms with Gasteiger partial charge >= 0.3 is 0 Å². The Morgan fingerprint density at radius 3 is 2.14 bits per heavy atom. The second kappa shape index (κ2) is 3.71. The van der Waals surface area contributed by atoms with Crippen LogP contribution in [0.3, 0.4) is 0 Å². The third-order valence-corrected chi connectivity index (χ3v) is 2.66. The molecule has 0 amide bonds. The van der Waals surface area contributed by atoms with Gasteiger partial charge in [0.25, 0.3) is 0 Å². The van der Waals surface area contributed by atoms with Crippen molar-refractivity contribution in [2.75, 3.05) is 0 Å². The summed E-state index contributed by atoms with van der Waals surface area (Å²) in [7, 11) is 0. The maximum atomic E-state index is 4.22. The third kappa shape index (κ3) is 2.34. The Kier molecular flexibility index (Phi) is 2.98. The Bertz CT molecular complexity index is 294. The highest BCUT2D eigenvalue weighted by atomic mass is 15.4. The molecular formula is C11H21N3. The third-order valence-electron chi connectivity index (χ3n) is 2.66. The number of rotatable bonds is 2.